The summed E-state index contributed by atoms with van der Waals surface area (Å²) >= 11 is 1.51. The van der Waals surface area contributed by atoms with Crippen molar-refractivity contribution in [1.29, 1.82) is 0 Å². The summed E-state index contributed by atoms with van der Waals surface area (Å²) in [6.45, 7) is 8.95. The van der Waals surface area contributed by atoms with E-state index in [4.69, 9.17) is 0 Å². The molecule has 0 aliphatic carbocycles. The van der Waals surface area contributed by atoms with Crippen LogP contribution in [0.3, 0.4) is 0 Å². The first-order chi connectivity index (χ1) is 21.0. The zero-order valence-electron chi connectivity index (χ0n) is 24.7. The largest absolute Gasteiger partial charge is 0.573 e. The molecule has 11 heteroatoms. The third-order valence-electron chi connectivity index (χ3n) is 7.18. The van der Waals surface area contributed by atoms with Crippen molar-refractivity contribution >= 4 is 22.8 Å². The molecule has 3 aromatic carbocycles. The number of hydrogen-bond acceptors (Lipinski definition) is 5. The highest BCUT2D eigenvalue weighted by molar-refractivity contribution is 8.17. The first kappa shape index (κ1) is 31.1. The summed E-state index contributed by atoms with van der Waals surface area (Å²) in [5.41, 5.74) is 7.18. The van der Waals surface area contributed by atoms with Crippen molar-refractivity contribution in [3.05, 3.63) is 106 Å². The molecule has 0 spiro atoms. The number of aliphatic imine (C=N–C) groups is 1. The first-order valence-electron chi connectivity index (χ1n) is 14.1. The molecule has 0 fully saturated rings. The van der Waals surface area contributed by atoms with Crippen LogP contribution >= 0.6 is 11.8 Å². The average Bonchev–Trinajstić information content (AvgIpc) is 3.60. The van der Waals surface area contributed by atoms with Crippen LogP contribution in [-0.2, 0) is 6.42 Å². The second-order valence-corrected chi connectivity index (χ2v) is 11.8. The van der Waals surface area contributed by atoms with E-state index in [0.717, 1.165) is 16.2 Å². The number of carbonyl (C=O) groups is 1. The van der Waals surface area contributed by atoms with E-state index >= 15 is 0 Å². The summed E-state index contributed by atoms with van der Waals surface area (Å²) in [5, 5.41) is 10.2. The number of nitrogens with one attached hydrogen (secondary N) is 1. The van der Waals surface area contributed by atoms with Crippen molar-refractivity contribution in [3.8, 4) is 22.8 Å². The Labute approximate surface area is 258 Å². The summed E-state index contributed by atoms with van der Waals surface area (Å²) in [6.07, 6.45) is -2.63. The third kappa shape index (κ3) is 7.57. The van der Waals surface area contributed by atoms with Gasteiger partial charge in [-0.15, -0.1) is 18.3 Å². The van der Waals surface area contributed by atoms with Crippen molar-refractivity contribution < 1.29 is 22.7 Å². The van der Waals surface area contributed by atoms with E-state index < -0.39 is 6.36 Å². The molecule has 1 aromatic heterocycles. The molecule has 2 amide bonds. The number of aryl methyl sites for hydroxylation is 1. The predicted octanol–water partition coefficient (Wildman–Crippen LogP) is 8.35. The monoisotopic (exact) mass is 619 g/mol. The average molecular weight is 620 g/mol. The Morgan fingerprint density at radius 2 is 1.80 bits per heavy atom. The number of urea groups is 1. The lowest BCUT2D eigenvalue weighted by Gasteiger charge is -2.20. The van der Waals surface area contributed by atoms with Gasteiger partial charge in [0.05, 0.1) is 16.6 Å². The Hall–Kier alpha value is -4.38. The van der Waals surface area contributed by atoms with Gasteiger partial charge in [-0.3, -0.25) is 0 Å². The van der Waals surface area contributed by atoms with Gasteiger partial charge in [0, 0.05) is 12.1 Å². The molecule has 0 saturated carbocycles. The Kier molecular flexibility index (Phi) is 9.24. The Balaban J connectivity index is 1.17. The van der Waals surface area contributed by atoms with Gasteiger partial charge in [0.25, 0.3) is 0 Å². The zero-order chi connectivity index (χ0) is 31.4. The number of nitrogens with zero attached hydrogens (tertiary/aromatic N) is 4. The molecular formula is C33H32F3N5O2S. The molecule has 4 aromatic rings. The summed E-state index contributed by atoms with van der Waals surface area (Å²) in [4.78, 5) is 21.6. The van der Waals surface area contributed by atoms with Crippen LogP contribution in [0.25, 0.3) is 17.1 Å². The van der Waals surface area contributed by atoms with Gasteiger partial charge >= 0.3 is 12.4 Å². The lowest BCUT2D eigenvalue weighted by Crippen LogP contribution is -2.24. The van der Waals surface area contributed by atoms with Crippen LogP contribution in [0.1, 0.15) is 54.9 Å². The van der Waals surface area contributed by atoms with E-state index in [1.54, 1.807) is 0 Å². The number of rotatable bonds is 8. The minimum absolute atomic E-state index is 0.0181. The molecule has 7 nitrogen and oxygen atoms in total. The van der Waals surface area contributed by atoms with E-state index in [0.29, 0.717) is 30.4 Å². The second kappa shape index (κ2) is 13.1. The van der Waals surface area contributed by atoms with Crippen molar-refractivity contribution in [3.63, 3.8) is 0 Å². The fraction of sp³-hybridized carbons (Fsp3) is 0.273. The van der Waals surface area contributed by atoms with Gasteiger partial charge in [-0.1, -0.05) is 79.2 Å². The Bertz CT molecular complexity index is 1690. The number of halogens is 3. The molecule has 1 aliphatic heterocycles. The Morgan fingerprint density at radius 1 is 1.07 bits per heavy atom. The van der Waals surface area contributed by atoms with Crippen molar-refractivity contribution in [2.45, 2.75) is 52.3 Å². The van der Waals surface area contributed by atoms with Gasteiger partial charge in [0.15, 0.2) is 5.82 Å². The van der Waals surface area contributed by atoms with Crippen molar-refractivity contribution in [1.82, 2.24) is 20.1 Å². The molecule has 1 atom stereocenters. The normalized spacial score (nSPS) is 16.0. The lowest BCUT2D eigenvalue weighted by molar-refractivity contribution is -0.274. The lowest BCUT2D eigenvalue weighted by atomic mass is 9.85. The summed E-state index contributed by atoms with van der Waals surface area (Å²) in [7, 11) is 0. The van der Waals surface area contributed by atoms with E-state index in [1.807, 2.05) is 24.3 Å². The molecule has 228 valence electrons. The molecule has 0 bridgehead atoms. The fourth-order valence-electron chi connectivity index (χ4n) is 5.02. The molecule has 1 N–H and O–H groups in total. The molecule has 0 radical (unpaired) electrons. The highest BCUT2D eigenvalue weighted by atomic mass is 32.2. The van der Waals surface area contributed by atoms with Gasteiger partial charge in [-0.2, -0.15) is 4.99 Å². The molecule has 44 heavy (non-hydrogen) atoms. The van der Waals surface area contributed by atoms with Crippen LogP contribution in [0.15, 0.2) is 89.0 Å². The number of hydrogen-bond donors (Lipinski definition) is 1. The van der Waals surface area contributed by atoms with Crippen LogP contribution in [0, 0.1) is 6.92 Å². The summed E-state index contributed by atoms with van der Waals surface area (Å²) in [5.74, 6) is 0.505. The highest BCUT2D eigenvalue weighted by Gasteiger charge is 2.31. The highest BCUT2D eigenvalue weighted by Crippen LogP contribution is 2.41. The fourth-order valence-corrected chi connectivity index (χ4v) is 6.04. The Morgan fingerprint density at radius 3 is 2.48 bits per heavy atom. The van der Waals surface area contributed by atoms with Crippen molar-refractivity contribution in [2.75, 3.05) is 6.54 Å². The maximum Gasteiger partial charge on any atom is 0.573 e. The number of ether oxygens (including phenoxy) is 1. The second-order valence-electron chi connectivity index (χ2n) is 10.9. The maximum absolute atomic E-state index is 12.8. The number of thioether (sulfide) groups is 1. The number of benzene rings is 3. The van der Waals surface area contributed by atoms with Gasteiger partial charge in [0.2, 0.25) is 0 Å². The molecular weight excluding hydrogens is 587 g/mol. The molecule has 5 rings (SSSR count). The van der Waals surface area contributed by atoms with Gasteiger partial charge in [0.1, 0.15) is 12.1 Å². The smallest absolute Gasteiger partial charge is 0.406 e. The number of carbonyl (C=O) groups excluding carboxylic acids is 1. The maximum atomic E-state index is 12.8. The summed E-state index contributed by atoms with van der Waals surface area (Å²) in [6, 6.07) is 19.2. The van der Waals surface area contributed by atoms with E-state index in [1.165, 1.54) is 69.3 Å². The first-order valence-corrected chi connectivity index (χ1v) is 15.0. The minimum atomic E-state index is -4.75. The summed E-state index contributed by atoms with van der Waals surface area (Å²) < 4.78 is 42.6. The van der Waals surface area contributed by atoms with Gasteiger partial charge < -0.3 is 10.1 Å². The van der Waals surface area contributed by atoms with Crippen LogP contribution in [-0.4, -0.2) is 38.7 Å². The number of aromatic nitrogens is 3. The third-order valence-corrected chi connectivity index (χ3v) is 8.24. The van der Waals surface area contributed by atoms with Crippen LogP contribution in [0.5, 0.6) is 5.75 Å². The van der Waals surface area contributed by atoms with Crippen molar-refractivity contribution in [2.24, 2.45) is 4.99 Å². The quantitative estimate of drug-likeness (QED) is 0.214. The van der Waals surface area contributed by atoms with E-state index in [9.17, 15) is 18.0 Å². The number of alkyl halides is 3. The number of allylic oxidation sites excluding steroid dienone is 1. The van der Waals surface area contributed by atoms with E-state index in [2.05, 4.69) is 76.4 Å². The molecule has 2 heterocycles. The van der Waals surface area contributed by atoms with Crippen LogP contribution in [0.4, 0.5) is 18.0 Å². The van der Waals surface area contributed by atoms with Crippen LogP contribution in [0.2, 0.25) is 0 Å². The standard InChI is InChI=1S/C33H32F3N5O2S/c1-20(2)27-14-5-21(3)17-28(27)29-22(4)18-44-31(29)39-32(42)37-16-15-23-6-8-24(9-7-23)30-38-19-41(40-30)25-10-12-26(13-11-25)43-33(34,35)36/h5-14,17-20,29H,15-16H2,1-4H3,(H,37,42)/b39-31-. The minimum Gasteiger partial charge on any atom is -0.406 e. The molecule has 1 aliphatic rings. The predicted molar refractivity (Wildman–Crippen MR) is 167 cm³/mol. The SMILES string of the molecule is CC1=CS/C(=N\C(=O)NCCc2ccc(-c3ncn(-c4ccc(OC(F)(F)F)cc4)n3)cc2)C1c1cc(C)ccc1C(C)C. The topological polar surface area (TPSA) is 81.4 Å². The number of amides is 2. The van der Waals surface area contributed by atoms with Crippen LogP contribution < -0.4 is 10.1 Å². The molecule has 0 saturated heterocycles. The molecule has 1 unspecified atom stereocenters. The van der Waals surface area contributed by atoms with Gasteiger partial charge in [-0.25, -0.2) is 14.5 Å². The zero-order valence-corrected chi connectivity index (χ0v) is 25.5. The van der Waals surface area contributed by atoms with E-state index in [-0.39, 0.29) is 17.7 Å². The van der Waals surface area contributed by atoms with Gasteiger partial charge in [-0.05, 0) is 72.6 Å².